The molecule has 4 aromatic rings. The van der Waals surface area contributed by atoms with Crippen LogP contribution in [0.4, 0.5) is 0 Å². The number of oxazole rings is 1. The molecule has 0 bridgehead atoms. The van der Waals surface area contributed by atoms with Crippen LogP contribution in [0.25, 0.3) is 33.7 Å². The van der Waals surface area contributed by atoms with Gasteiger partial charge < -0.3 is 14.8 Å². The van der Waals surface area contributed by atoms with E-state index < -0.39 is 5.97 Å². The normalized spacial score (nSPS) is 14.9. The van der Waals surface area contributed by atoms with Crippen molar-refractivity contribution < 1.29 is 14.3 Å². The minimum absolute atomic E-state index is 0.110. The lowest BCUT2D eigenvalue weighted by molar-refractivity contribution is -0.136. The van der Waals surface area contributed by atoms with E-state index in [2.05, 4.69) is 29.6 Å². The third kappa shape index (κ3) is 3.33. The molecule has 1 heterocycles. The van der Waals surface area contributed by atoms with Crippen LogP contribution in [0.2, 0.25) is 0 Å². The maximum absolute atomic E-state index is 11.0. The Labute approximate surface area is 185 Å². The molecule has 0 fully saturated rings. The summed E-state index contributed by atoms with van der Waals surface area (Å²) in [6, 6.07) is 20.3. The third-order valence-corrected chi connectivity index (χ3v) is 6.14. The van der Waals surface area contributed by atoms with E-state index >= 15 is 0 Å². The number of benzene rings is 3. The maximum atomic E-state index is 11.0. The molecule has 1 aliphatic carbocycles. The summed E-state index contributed by atoms with van der Waals surface area (Å²) in [6.07, 6.45) is 1.44. The van der Waals surface area contributed by atoms with Gasteiger partial charge in [-0.2, -0.15) is 5.26 Å². The number of nitriles is 1. The Morgan fingerprint density at radius 1 is 1.22 bits per heavy atom. The molecule has 0 unspecified atom stereocenters. The topological polar surface area (TPSA) is 99.2 Å². The van der Waals surface area contributed by atoms with Crippen LogP contribution in [0, 0.1) is 18.3 Å². The second-order valence-electron chi connectivity index (χ2n) is 8.01. The van der Waals surface area contributed by atoms with E-state index in [-0.39, 0.29) is 12.6 Å². The van der Waals surface area contributed by atoms with Crippen molar-refractivity contribution in [1.82, 2.24) is 10.3 Å². The van der Waals surface area contributed by atoms with Crippen LogP contribution >= 0.6 is 0 Å². The van der Waals surface area contributed by atoms with Crippen LogP contribution in [-0.2, 0) is 11.2 Å². The quantitative estimate of drug-likeness (QED) is 0.468. The van der Waals surface area contributed by atoms with Crippen LogP contribution in [0.3, 0.4) is 0 Å². The minimum Gasteiger partial charge on any atom is -0.480 e. The first-order valence-corrected chi connectivity index (χ1v) is 10.5. The molecular weight excluding hydrogens is 402 g/mol. The highest BCUT2D eigenvalue weighted by Gasteiger charge is 2.29. The van der Waals surface area contributed by atoms with Gasteiger partial charge in [0.05, 0.1) is 6.54 Å². The van der Waals surface area contributed by atoms with E-state index in [1.165, 1.54) is 0 Å². The smallest absolute Gasteiger partial charge is 0.317 e. The Kier molecular flexibility index (Phi) is 4.96. The van der Waals surface area contributed by atoms with Crippen molar-refractivity contribution in [2.75, 3.05) is 6.54 Å². The first-order valence-electron chi connectivity index (χ1n) is 10.5. The number of aliphatic carboxylic acids is 1. The molecule has 158 valence electrons. The molecule has 0 saturated heterocycles. The molecule has 0 aliphatic heterocycles. The summed E-state index contributed by atoms with van der Waals surface area (Å²) < 4.78 is 6.16. The largest absolute Gasteiger partial charge is 0.480 e. The molecule has 3 aromatic carbocycles. The van der Waals surface area contributed by atoms with Gasteiger partial charge in [-0.05, 0) is 59.7 Å². The van der Waals surface area contributed by atoms with Crippen LogP contribution < -0.4 is 5.32 Å². The fourth-order valence-corrected chi connectivity index (χ4v) is 4.60. The maximum Gasteiger partial charge on any atom is 0.317 e. The van der Waals surface area contributed by atoms with Crippen LogP contribution in [-0.4, -0.2) is 22.6 Å². The van der Waals surface area contributed by atoms with Crippen LogP contribution in [0.15, 0.2) is 59.0 Å². The predicted molar refractivity (Wildman–Crippen MR) is 121 cm³/mol. The molecular formula is C26H21N3O3. The van der Waals surface area contributed by atoms with Crippen LogP contribution in [0.5, 0.6) is 0 Å². The zero-order chi connectivity index (χ0) is 22.2. The lowest BCUT2D eigenvalue weighted by Crippen LogP contribution is -2.26. The summed E-state index contributed by atoms with van der Waals surface area (Å²) in [4.78, 5) is 15.7. The number of carboxylic acids is 1. The molecule has 0 spiro atoms. The lowest BCUT2D eigenvalue weighted by Gasteiger charge is -2.12. The van der Waals surface area contributed by atoms with Gasteiger partial charge in [-0.15, -0.1) is 0 Å². The van der Waals surface area contributed by atoms with Crippen molar-refractivity contribution in [3.63, 3.8) is 0 Å². The highest BCUT2D eigenvalue weighted by molar-refractivity contribution is 5.86. The number of fused-ring (bicyclic) bond motifs is 2. The van der Waals surface area contributed by atoms with Gasteiger partial charge in [0.1, 0.15) is 17.1 Å². The SMILES string of the molecule is Cc1c(-c2ccccc2)cccc1-c1nc2cc3c(c(C#N)c2o1)CC[C@H]3NCC(=O)O. The molecule has 2 N–H and O–H groups in total. The van der Waals surface area contributed by atoms with Gasteiger partial charge >= 0.3 is 5.97 Å². The highest BCUT2D eigenvalue weighted by atomic mass is 16.4. The van der Waals surface area contributed by atoms with Crippen molar-refractivity contribution in [3.05, 3.63) is 76.9 Å². The number of aromatic nitrogens is 1. The van der Waals surface area contributed by atoms with Gasteiger partial charge in [0.15, 0.2) is 5.58 Å². The minimum atomic E-state index is -0.905. The molecule has 0 saturated carbocycles. The van der Waals surface area contributed by atoms with Gasteiger partial charge in [0.25, 0.3) is 0 Å². The summed E-state index contributed by atoms with van der Waals surface area (Å²) in [5, 5.41) is 22.0. The second-order valence-corrected chi connectivity index (χ2v) is 8.01. The van der Waals surface area contributed by atoms with Crippen molar-refractivity contribution in [2.45, 2.75) is 25.8 Å². The Morgan fingerprint density at radius 3 is 2.75 bits per heavy atom. The van der Waals surface area contributed by atoms with E-state index in [9.17, 15) is 10.1 Å². The van der Waals surface area contributed by atoms with Gasteiger partial charge in [0, 0.05) is 11.6 Å². The average Bonchev–Trinajstić information content (AvgIpc) is 3.40. The number of hydrogen-bond donors (Lipinski definition) is 2. The third-order valence-electron chi connectivity index (χ3n) is 6.14. The summed E-state index contributed by atoms with van der Waals surface area (Å²) in [5.74, 6) is -0.428. The summed E-state index contributed by atoms with van der Waals surface area (Å²) in [7, 11) is 0. The van der Waals surface area contributed by atoms with Gasteiger partial charge in [0.2, 0.25) is 5.89 Å². The van der Waals surface area contributed by atoms with Gasteiger partial charge in [-0.25, -0.2) is 4.98 Å². The molecule has 0 amide bonds. The molecule has 5 rings (SSSR count). The molecule has 32 heavy (non-hydrogen) atoms. The molecule has 1 aromatic heterocycles. The number of carbonyl (C=O) groups is 1. The predicted octanol–water partition coefficient (Wildman–Crippen LogP) is 5.00. The second kappa shape index (κ2) is 7.95. The van der Waals surface area contributed by atoms with Crippen molar-refractivity contribution in [3.8, 4) is 28.7 Å². The standard InChI is InChI=1S/C26H21N3O3/c1-15-17(16-6-3-2-4-7-16)8-5-9-18(15)26-29-23-12-20-19(21(13-27)25(23)32-26)10-11-22(20)28-14-24(30)31/h2-9,12,22,28H,10-11,14H2,1H3,(H,30,31)/t22-/m1/s1. The monoisotopic (exact) mass is 423 g/mol. The molecule has 1 atom stereocenters. The average molecular weight is 423 g/mol. The zero-order valence-electron chi connectivity index (χ0n) is 17.6. The number of nitrogens with one attached hydrogen (secondary N) is 1. The van der Waals surface area contributed by atoms with E-state index in [0.29, 0.717) is 29.0 Å². The first-order chi connectivity index (χ1) is 15.6. The molecule has 6 heteroatoms. The molecule has 1 aliphatic rings. The zero-order valence-corrected chi connectivity index (χ0v) is 17.6. The fraction of sp³-hybridized carbons (Fsp3) is 0.192. The van der Waals surface area contributed by atoms with E-state index in [1.54, 1.807) is 0 Å². The van der Waals surface area contributed by atoms with E-state index in [0.717, 1.165) is 39.8 Å². The Bertz CT molecular complexity index is 1380. The number of carboxylic acid groups (broad SMARTS) is 1. The highest BCUT2D eigenvalue weighted by Crippen LogP contribution is 2.40. The molecule has 0 radical (unpaired) electrons. The number of rotatable bonds is 5. The van der Waals surface area contributed by atoms with E-state index in [4.69, 9.17) is 14.5 Å². The van der Waals surface area contributed by atoms with Crippen molar-refractivity contribution in [1.29, 1.82) is 5.26 Å². The first kappa shape index (κ1) is 20.0. The summed E-state index contributed by atoms with van der Waals surface area (Å²) in [6.45, 7) is 1.92. The van der Waals surface area contributed by atoms with Gasteiger partial charge in [-0.3, -0.25) is 4.79 Å². The van der Waals surface area contributed by atoms with Crippen molar-refractivity contribution in [2.24, 2.45) is 0 Å². The summed E-state index contributed by atoms with van der Waals surface area (Å²) >= 11 is 0. The van der Waals surface area contributed by atoms with Gasteiger partial charge in [-0.1, -0.05) is 42.5 Å². The summed E-state index contributed by atoms with van der Waals surface area (Å²) in [5.41, 5.74) is 7.61. The van der Waals surface area contributed by atoms with Crippen molar-refractivity contribution >= 4 is 17.1 Å². The Morgan fingerprint density at radius 2 is 2.00 bits per heavy atom. The van der Waals surface area contributed by atoms with E-state index in [1.807, 2.05) is 43.3 Å². The van der Waals surface area contributed by atoms with Crippen LogP contribution in [0.1, 0.15) is 34.7 Å². The Balaban J connectivity index is 1.61. The Hall–Kier alpha value is -3.95. The number of nitrogens with zero attached hydrogens (tertiary/aromatic N) is 2. The number of hydrogen-bond acceptors (Lipinski definition) is 5. The fourth-order valence-electron chi connectivity index (χ4n) is 4.60. The lowest BCUT2D eigenvalue weighted by atomic mass is 9.96. The molecule has 6 nitrogen and oxygen atoms in total.